The van der Waals surface area contributed by atoms with E-state index in [0.717, 1.165) is 35.6 Å². The maximum absolute atomic E-state index is 6.32. The Bertz CT molecular complexity index is 932. The van der Waals surface area contributed by atoms with Crippen LogP contribution in [-0.2, 0) is 0 Å². The predicted octanol–water partition coefficient (Wildman–Crippen LogP) is 5.16. The molecule has 1 aliphatic heterocycles. The minimum absolute atomic E-state index is 0.647. The molecule has 0 bridgehead atoms. The molecule has 1 heterocycles. The largest absolute Gasteiger partial charge is 0.368 e. The fourth-order valence-corrected chi connectivity index (χ4v) is 3.39. The van der Waals surface area contributed by atoms with Crippen molar-refractivity contribution in [3.63, 3.8) is 0 Å². The van der Waals surface area contributed by atoms with E-state index in [9.17, 15) is 0 Å². The van der Waals surface area contributed by atoms with E-state index in [1.54, 1.807) is 6.07 Å². The van der Waals surface area contributed by atoms with E-state index in [0.29, 0.717) is 10.0 Å². The van der Waals surface area contributed by atoms with Crippen LogP contribution in [0.3, 0.4) is 0 Å². The van der Waals surface area contributed by atoms with Crippen LogP contribution in [0.5, 0.6) is 0 Å². The lowest BCUT2D eigenvalue weighted by Gasteiger charge is -2.08. The van der Waals surface area contributed by atoms with Crippen molar-refractivity contribution in [2.24, 2.45) is 4.99 Å². The van der Waals surface area contributed by atoms with Crippen molar-refractivity contribution in [1.29, 1.82) is 0 Å². The molecule has 0 unspecified atom stereocenters. The zero-order valence-electron chi connectivity index (χ0n) is 12.3. The number of benzene rings is 3. The molecule has 2 nitrogen and oxygen atoms in total. The summed E-state index contributed by atoms with van der Waals surface area (Å²) in [4.78, 5) is 4.47. The van der Waals surface area contributed by atoms with Crippen LogP contribution in [0.1, 0.15) is 5.56 Å². The van der Waals surface area contributed by atoms with Gasteiger partial charge in [0.05, 0.1) is 6.54 Å². The van der Waals surface area contributed by atoms with Gasteiger partial charge in [-0.15, -0.1) is 0 Å². The molecule has 114 valence electrons. The fourth-order valence-electron chi connectivity index (χ4n) is 2.88. The molecule has 1 aliphatic rings. The number of nitrogens with one attached hydrogen (secondary N) is 1. The Hall–Kier alpha value is -2.03. The lowest BCUT2D eigenvalue weighted by molar-refractivity contribution is 0.960. The summed E-state index contributed by atoms with van der Waals surface area (Å²) in [6, 6.07) is 18.3. The van der Waals surface area contributed by atoms with Crippen LogP contribution in [0.2, 0.25) is 10.0 Å². The average Bonchev–Trinajstić information content (AvgIpc) is 3.08. The molecule has 0 fully saturated rings. The zero-order valence-corrected chi connectivity index (χ0v) is 13.8. The molecular weight excluding hydrogens is 327 g/mol. The van der Waals surface area contributed by atoms with Crippen molar-refractivity contribution in [2.75, 3.05) is 13.1 Å². The molecule has 0 atom stereocenters. The van der Waals surface area contributed by atoms with Gasteiger partial charge in [0, 0.05) is 27.7 Å². The Kier molecular flexibility index (Phi) is 3.72. The van der Waals surface area contributed by atoms with E-state index < -0.39 is 0 Å². The minimum atomic E-state index is 0.647. The summed E-state index contributed by atoms with van der Waals surface area (Å²) in [6.45, 7) is 1.77. The lowest BCUT2D eigenvalue weighted by atomic mass is 9.99. The Morgan fingerprint density at radius 1 is 0.826 bits per heavy atom. The highest BCUT2D eigenvalue weighted by Gasteiger charge is 2.09. The van der Waals surface area contributed by atoms with Gasteiger partial charge in [-0.3, -0.25) is 4.99 Å². The minimum Gasteiger partial charge on any atom is -0.368 e. The molecule has 0 saturated heterocycles. The van der Waals surface area contributed by atoms with Gasteiger partial charge in [-0.2, -0.15) is 0 Å². The number of hydrogen-bond donors (Lipinski definition) is 1. The monoisotopic (exact) mass is 340 g/mol. The maximum Gasteiger partial charge on any atom is 0.128 e. The van der Waals surface area contributed by atoms with Crippen LogP contribution in [0.4, 0.5) is 0 Å². The van der Waals surface area contributed by atoms with Gasteiger partial charge in [0.25, 0.3) is 0 Å². The van der Waals surface area contributed by atoms with Crippen molar-refractivity contribution in [2.45, 2.75) is 0 Å². The topological polar surface area (TPSA) is 24.4 Å². The summed E-state index contributed by atoms with van der Waals surface area (Å²) in [5.74, 6) is 0.983. The number of aliphatic imine (C=N–C) groups is 1. The van der Waals surface area contributed by atoms with Gasteiger partial charge in [-0.1, -0.05) is 53.5 Å². The van der Waals surface area contributed by atoms with Crippen molar-refractivity contribution < 1.29 is 0 Å². The van der Waals surface area contributed by atoms with E-state index in [1.807, 2.05) is 12.1 Å². The predicted molar refractivity (Wildman–Crippen MR) is 98.8 cm³/mol. The highest BCUT2D eigenvalue weighted by atomic mass is 35.5. The van der Waals surface area contributed by atoms with Crippen molar-refractivity contribution in [1.82, 2.24) is 5.32 Å². The second-order valence-electron chi connectivity index (χ2n) is 5.56. The number of amidine groups is 1. The van der Waals surface area contributed by atoms with E-state index >= 15 is 0 Å². The Morgan fingerprint density at radius 2 is 1.57 bits per heavy atom. The quantitative estimate of drug-likeness (QED) is 0.684. The summed E-state index contributed by atoms with van der Waals surface area (Å²) in [6.07, 6.45) is 0. The van der Waals surface area contributed by atoms with Crippen molar-refractivity contribution in [3.05, 3.63) is 70.2 Å². The second-order valence-corrected chi connectivity index (χ2v) is 6.40. The molecule has 3 aromatic carbocycles. The number of rotatable bonds is 2. The summed E-state index contributed by atoms with van der Waals surface area (Å²) in [5.41, 5.74) is 3.21. The highest BCUT2D eigenvalue weighted by molar-refractivity contribution is 6.36. The summed E-state index contributed by atoms with van der Waals surface area (Å²) in [7, 11) is 0. The number of hydrogen-bond acceptors (Lipinski definition) is 2. The molecule has 0 saturated carbocycles. The smallest absolute Gasteiger partial charge is 0.128 e. The Balaban J connectivity index is 1.78. The van der Waals surface area contributed by atoms with Crippen LogP contribution in [0, 0.1) is 0 Å². The molecular formula is C19H14Cl2N2. The van der Waals surface area contributed by atoms with Crippen LogP contribution in [0.15, 0.2) is 59.6 Å². The van der Waals surface area contributed by atoms with E-state index in [-0.39, 0.29) is 0 Å². The number of halogens is 2. The third-order valence-electron chi connectivity index (χ3n) is 4.03. The van der Waals surface area contributed by atoms with Crippen LogP contribution in [-0.4, -0.2) is 18.9 Å². The summed E-state index contributed by atoms with van der Waals surface area (Å²) < 4.78 is 0. The van der Waals surface area contributed by atoms with Gasteiger partial charge in [-0.25, -0.2) is 0 Å². The summed E-state index contributed by atoms with van der Waals surface area (Å²) in [5, 5.41) is 6.98. The summed E-state index contributed by atoms with van der Waals surface area (Å²) >= 11 is 12.3. The third kappa shape index (κ3) is 2.80. The molecule has 0 aromatic heterocycles. The first-order chi connectivity index (χ1) is 11.2. The maximum atomic E-state index is 6.32. The lowest BCUT2D eigenvalue weighted by Crippen LogP contribution is -2.19. The van der Waals surface area contributed by atoms with Gasteiger partial charge in [-0.05, 0) is 40.6 Å². The first-order valence-electron chi connectivity index (χ1n) is 7.49. The van der Waals surface area contributed by atoms with E-state index in [2.05, 4.69) is 46.7 Å². The molecule has 3 aromatic rings. The van der Waals surface area contributed by atoms with Gasteiger partial charge in [0.1, 0.15) is 5.84 Å². The molecule has 0 spiro atoms. The Labute approximate surface area is 144 Å². The first-order valence-corrected chi connectivity index (χ1v) is 8.24. The van der Waals surface area contributed by atoms with Crippen LogP contribution < -0.4 is 5.32 Å². The van der Waals surface area contributed by atoms with Crippen molar-refractivity contribution >= 4 is 39.8 Å². The van der Waals surface area contributed by atoms with Gasteiger partial charge >= 0.3 is 0 Å². The fraction of sp³-hybridized carbons (Fsp3) is 0.105. The molecule has 0 amide bonds. The van der Waals surface area contributed by atoms with Crippen LogP contribution in [0.25, 0.3) is 21.9 Å². The first kappa shape index (κ1) is 14.6. The average molecular weight is 341 g/mol. The molecule has 23 heavy (non-hydrogen) atoms. The molecule has 1 N–H and O–H groups in total. The molecule has 4 rings (SSSR count). The second kappa shape index (κ2) is 5.88. The van der Waals surface area contributed by atoms with Crippen molar-refractivity contribution in [3.8, 4) is 11.1 Å². The zero-order chi connectivity index (χ0) is 15.8. The Morgan fingerprint density at radius 3 is 2.26 bits per heavy atom. The number of fused-ring (bicyclic) bond motifs is 1. The number of nitrogens with zero attached hydrogens (tertiary/aromatic N) is 1. The van der Waals surface area contributed by atoms with E-state index in [1.165, 1.54) is 10.8 Å². The molecule has 4 heteroatoms. The highest BCUT2D eigenvalue weighted by Crippen LogP contribution is 2.32. The molecule has 0 aliphatic carbocycles. The van der Waals surface area contributed by atoms with Gasteiger partial charge in [0.2, 0.25) is 0 Å². The van der Waals surface area contributed by atoms with Crippen LogP contribution >= 0.6 is 23.2 Å². The standard InChI is InChI=1S/C19H14Cl2N2/c20-16-5-6-17(18(21)11-16)14-3-1-13-10-15(4-2-12(13)9-14)19-22-7-8-23-19/h1-6,9-11H,7-8H2,(H,22,23). The van der Waals surface area contributed by atoms with E-state index in [4.69, 9.17) is 23.2 Å². The van der Waals surface area contributed by atoms with Gasteiger partial charge in [0.15, 0.2) is 0 Å². The van der Waals surface area contributed by atoms with Gasteiger partial charge < -0.3 is 5.32 Å². The third-order valence-corrected chi connectivity index (χ3v) is 4.58. The molecule has 0 radical (unpaired) electrons. The SMILES string of the molecule is Clc1ccc(-c2ccc3cc(C4=NCCN4)ccc3c2)c(Cl)c1. The normalized spacial score (nSPS) is 13.9.